The van der Waals surface area contributed by atoms with Crippen molar-refractivity contribution in [3.63, 3.8) is 0 Å². The molecule has 1 N–H and O–H groups in total. The number of carbonyl (C=O) groups is 1. The first kappa shape index (κ1) is 9.26. The number of ketones is 1. The van der Waals surface area contributed by atoms with Crippen LogP contribution < -0.4 is 0 Å². The van der Waals surface area contributed by atoms with E-state index in [2.05, 4.69) is 0 Å². The molecule has 12 heavy (non-hydrogen) atoms. The van der Waals surface area contributed by atoms with Gasteiger partial charge in [0.15, 0.2) is 11.4 Å². The van der Waals surface area contributed by atoms with E-state index in [1.807, 2.05) is 20.8 Å². The summed E-state index contributed by atoms with van der Waals surface area (Å²) in [6, 6.07) is 0. The molecule has 0 radical (unpaired) electrons. The third kappa shape index (κ3) is 1.50. The van der Waals surface area contributed by atoms with Crippen molar-refractivity contribution in [1.82, 2.24) is 0 Å². The fraction of sp³-hybridized carbons (Fsp3) is 0.667. The summed E-state index contributed by atoms with van der Waals surface area (Å²) < 4.78 is 5.35. The molecule has 0 saturated heterocycles. The first-order valence-corrected chi connectivity index (χ1v) is 3.91. The predicted octanol–water partition coefficient (Wildman–Crippen LogP) is 1.02. The summed E-state index contributed by atoms with van der Waals surface area (Å²) in [7, 11) is 0. The lowest BCUT2D eigenvalue weighted by molar-refractivity contribution is -0.139. The van der Waals surface area contributed by atoms with E-state index in [4.69, 9.17) is 4.74 Å². The van der Waals surface area contributed by atoms with Crippen molar-refractivity contribution in [2.75, 3.05) is 0 Å². The van der Waals surface area contributed by atoms with Crippen LogP contribution in [0.15, 0.2) is 11.8 Å². The van der Waals surface area contributed by atoms with Crippen LogP contribution in [-0.2, 0) is 9.53 Å². The normalized spacial score (nSPS) is 29.4. The molecule has 1 atom stereocenters. The Morgan fingerprint density at radius 3 is 2.25 bits per heavy atom. The Kier molecular flexibility index (Phi) is 1.80. The maximum absolute atomic E-state index is 10.8. The number of aliphatic hydroxyl groups is 1. The van der Waals surface area contributed by atoms with Crippen molar-refractivity contribution in [2.24, 2.45) is 0 Å². The van der Waals surface area contributed by atoms with Gasteiger partial charge in [-0.1, -0.05) is 0 Å². The van der Waals surface area contributed by atoms with E-state index in [9.17, 15) is 9.90 Å². The summed E-state index contributed by atoms with van der Waals surface area (Å²) in [5.74, 6) is 0.0711. The molecule has 68 valence electrons. The van der Waals surface area contributed by atoms with Gasteiger partial charge in [0.05, 0.1) is 0 Å². The van der Waals surface area contributed by atoms with Crippen LogP contribution in [-0.4, -0.2) is 22.1 Å². The van der Waals surface area contributed by atoms with Gasteiger partial charge in [0.1, 0.15) is 11.4 Å². The Morgan fingerprint density at radius 1 is 1.50 bits per heavy atom. The summed E-state index contributed by atoms with van der Waals surface area (Å²) in [5, 5.41) is 9.46. The molecule has 3 heteroatoms. The van der Waals surface area contributed by atoms with Gasteiger partial charge >= 0.3 is 0 Å². The monoisotopic (exact) mass is 170 g/mol. The number of rotatable bonds is 1. The second kappa shape index (κ2) is 2.33. The van der Waals surface area contributed by atoms with Crippen LogP contribution in [0.5, 0.6) is 0 Å². The van der Waals surface area contributed by atoms with Gasteiger partial charge in [-0.2, -0.15) is 0 Å². The number of hydrogen-bond donors (Lipinski definition) is 1. The molecule has 1 aliphatic carbocycles. The van der Waals surface area contributed by atoms with Gasteiger partial charge < -0.3 is 9.84 Å². The molecule has 0 aliphatic heterocycles. The Labute approximate surface area is 72.0 Å². The van der Waals surface area contributed by atoms with Crippen molar-refractivity contribution in [1.29, 1.82) is 0 Å². The lowest BCUT2D eigenvalue weighted by Crippen LogP contribution is -2.47. The standard InChI is InChI=1S/C9H14O3/c1-8(2,3)12-7-5-6(10)9(7,4)11/h5,11H,1-4H3. The highest BCUT2D eigenvalue weighted by atomic mass is 16.5. The maximum atomic E-state index is 10.8. The van der Waals surface area contributed by atoms with Crippen molar-refractivity contribution in [3.8, 4) is 0 Å². The van der Waals surface area contributed by atoms with E-state index < -0.39 is 5.60 Å². The van der Waals surface area contributed by atoms with E-state index in [0.29, 0.717) is 5.76 Å². The molecule has 0 fully saturated rings. The van der Waals surface area contributed by atoms with Gasteiger partial charge in [0.25, 0.3) is 0 Å². The molecule has 3 nitrogen and oxygen atoms in total. The Morgan fingerprint density at radius 2 is 2.00 bits per heavy atom. The minimum absolute atomic E-state index is 0.290. The van der Waals surface area contributed by atoms with Crippen molar-refractivity contribution in [3.05, 3.63) is 11.8 Å². The van der Waals surface area contributed by atoms with E-state index in [0.717, 1.165) is 0 Å². The van der Waals surface area contributed by atoms with Crippen molar-refractivity contribution in [2.45, 2.75) is 38.9 Å². The second-order valence-electron chi connectivity index (χ2n) is 4.16. The largest absolute Gasteiger partial charge is 0.489 e. The van der Waals surface area contributed by atoms with E-state index in [1.54, 1.807) is 0 Å². The molecule has 0 amide bonds. The third-order valence-electron chi connectivity index (χ3n) is 1.64. The minimum atomic E-state index is -1.40. The summed E-state index contributed by atoms with van der Waals surface area (Å²) in [6.45, 7) is 7.04. The van der Waals surface area contributed by atoms with Gasteiger partial charge in [-0.3, -0.25) is 4.79 Å². The van der Waals surface area contributed by atoms with Crippen LogP contribution in [0.25, 0.3) is 0 Å². The highest BCUT2D eigenvalue weighted by Crippen LogP contribution is 2.32. The quantitative estimate of drug-likeness (QED) is 0.639. The van der Waals surface area contributed by atoms with Crippen LogP contribution in [0.1, 0.15) is 27.7 Å². The highest BCUT2D eigenvalue weighted by molar-refractivity contribution is 6.06. The number of hydrogen-bond acceptors (Lipinski definition) is 3. The third-order valence-corrected chi connectivity index (χ3v) is 1.64. The summed E-state index contributed by atoms with van der Waals surface area (Å²) in [4.78, 5) is 10.8. The molecule has 0 aromatic heterocycles. The first-order valence-electron chi connectivity index (χ1n) is 3.91. The molecule has 0 heterocycles. The Balaban J connectivity index is 2.71. The Bertz CT molecular complexity index is 243. The summed E-state index contributed by atoms with van der Waals surface area (Å²) in [6.07, 6.45) is 1.32. The van der Waals surface area contributed by atoms with Crippen molar-refractivity contribution >= 4 is 5.78 Å². The van der Waals surface area contributed by atoms with E-state index >= 15 is 0 Å². The van der Waals surface area contributed by atoms with Gasteiger partial charge in [-0.05, 0) is 27.7 Å². The average molecular weight is 170 g/mol. The van der Waals surface area contributed by atoms with Crippen LogP contribution in [0.2, 0.25) is 0 Å². The molecular formula is C9H14O3. The zero-order valence-corrected chi connectivity index (χ0v) is 7.84. The molecule has 1 aliphatic rings. The zero-order valence-electron chi connectivity index (χ0n) is 7.84. The molecule has 0 spiro atoms. The fourth-order valence-corrected chi connectivity index (χ4v) is 0.902. The predicted molar refractivity (Wildman–Crippen MR) is 44.6 cm³/mol. The molecule has 0 saturated carbocycles. The van der Waals surface area contributed by atoms with Crippen LogP contribution in [0.4, 0.5) is 0 Å². The highest BCUT2D eigenvalue weighted by Gasteiger charge is 2.45. The second-order valence-corrected chi connectivity index (χ2v) is 4.16. The molecule has 0 aromatic rings. The minimum Gasteiger partial charge on any atom is -0.489 e. The lowest BCUT2D eigenvalue weighted by atomic mass is 9.87. The number of ether oxygens (including phenoxy) is 1. The van der Waals surface area contributed by atoms with Crippen LogP contribution in [0.3, 0.4) is 0 Å². The van der Waals surface area contributed by atoms with Crippen molar-refractivity contribution < 1.29 is 14.6 Å². The Hall–Kier alpha value is -0.830. The summed E-state index contributed by atoms with van der Waals surface area (Å²) >= 11 is 0. The molecule has 0 aromatic carbocycles. The smallest absolute Gasteiger partial charge is 0.198 e. The van der Waals surface area contributed by atoms with E-state index in [1.165, 1.54) is 13.0 Å². The molecule has 0 bridgehead atoms. The molecule has 1 unspecified atom stereocenters. The van der Waals surface area contributed by atoms with Gasteiger partial charge in [0.2, 0.25) is 0 Å². The first-order chi connectivity index (χ1) is 5.23. The fourth-order valence-electron chi connectivity index (χ4n) is 0.902. The molecular weight excluding hydrogens is 156 g/mol. The average Bonchev–Trinajstić information content (AvgIpc) is 1.84. The van der Waals surface area contributed by atoms with Gasteiger partial charge in [-0.25, -0.2) is 0 Å². The number of carbonyl (C=O) groups excluding carboxylic acids is 1. The van der Waals surface area contributed by atoms with E-state index in [-0.39, 0.29) is 11.4 Å². The summed E-state index contributed by atoms with van der Waals surface area (Å²) in [5.41, 5.74) is -1.76. The van der Waals surface area contributed by atoms with Gasteiger partial charge in [0, 0.05) is 6.08 Å². The SMILES string of the molecule is CC(C)(C)OC1=CC(=O)C1(C)O. The van der Waals surface area contributed by atoms with Gasteiger partial charge in [-0.15, -0.1) is 0 Å². The maximum Gasteiger partial charge on any atom is 0.198 e. The topological polar surface area (TPSA) is 46.5 Å². The lowest BCUT2D eigenvalue weighted by Gasteiger charge is -2.35. The zero-order chi connectivity index (χ0) is 9.57. The molecule has 1 rings (SSSR count). The van der Waals surface area contributed by atoms with Crippen LogP contribution >= 0.6 is 0 Å². The van der Waals surface area contributed by atoms with Crippen LogP contribution in [0, 0.1) is 0 Å².